The number of rotatable bonds is 5. The van der Waals surface area contributed by atoms with Gasteiger partial charge in [-0.2, -0.15) is 0 Å². The summed E-state index contributed by atoms with van der Waals surface area (Å²) < 4.78 is 5.37. The molecule has 0 saturated heterocycles. The zero-order valence-corrected chi connectivity index (χ0v) is 12.0. The highest BCUT2D eigenvalue weighted by Gasteiger charge is 2.02. The Labute approximate surface area is 115 Å². The van der Waals surface area contributed by atoms with Crippen molar-refractivity contribution in [3.8, 4) is 5.75 Å². The predicted octanol–water partition coefficient (Wildman–Crippen LogP) is 4.48. The molecule has 0 fully saturated rings. The number of hydrogen-bond acceptors (Lipinski definition) is 2. The highest BCUT2D eigenvalue weighted by Crippen LogP contribution is 2.24. The van der Waals surface area contributed by atoms with Gasteiger partial charge in [-0.15, -0.1) is 0 Å². The highest BCUT2D eigenvalue weighted by molar-refractivity contribution is 5.72. The fourth-order valence-electron chi connectivity index (χ4n) is 1.81. The fraction of sp³-hybridized carbons (Fsp3) is 0.235. The van der Waals surface area contributed by atoms with Crippen molar-refractivity contribution < 1.29 is 4.74 Å². The molecule has 0 unspecified atom stereocenters. The first kappa shape index (κ1) is 15.0. The molecule has 0 spiro atoms. The Bertz CT molecular complexity index is 536. The Morgan fingerprint density at radius 3 is 2.53 bits per heavy atom. The van der Waals surface area contributed by atoms with E-state index in [0.29, 0.717) is 0 Å². The zero-order chi connectivity index (χ0) is 14.3. The Morgan fingerprint density at radius 1 is 1.21 bits per heavy atom. The van der Waals surface area contributed by atoms with Crippen LogP contribution in [0.2, 0.25) is 0 Å². The van der Waals surface area contributed by atoms with E-state index >= 15 is 0 Å². The van der Waals surface area contributed by atoms with Crippen LogP contribution >= 0.6 is 0 Å². The first-order valence-electron chi connectivity index (χ1n) is 6.29. The SMILES string of the molecule is C\C=C/C(/C=C/c1cc(C)c(C)c(OC)c1)=C\C=N. The van der Waals surface area contributed by atoms with E-state index in [4.69, 9.17) is 10.1 Å². The van der Waals surface area contributed by atoms with Gasteiger partial charge in [0.15, 0.2) is 0 Å². The van der Waals surface area contributed by atoms with E-state index in [9.17, 15) is 0 Å². The van der Waals surface area contributed by atoms with Gasteiger partial charge in [-0.05, 0) is 55.2 Å². The van der Waals surface area contributed by atoms with E-state index in [2.05, 4.69) is 19.9 Å². The average Bonchev–Trinajstić information content (AvgIpc) is 2.40. The van der Waals surface area contributed by atoms with Crippen molar-refractivity contribution in [1.82, 2.24) is 0 Å². The van der Waals surface area contributed by atoms with Crippen LogP contribution in [0, 0.1) is 19.3 Å². The Morgan fingerprint density at radius 2 is 1.95 bits per heavy atom. The number of hydrogen-bond donors (Lipinski definition) is 1. The van der Waals surface area contributed by atoms with Crippen LogP contribution < -0.4 is 4.74 Å². The monoisotopic (exact) mass is 255 g/mol. The number of ether oxygens (including phenoxy) is 1. The molecule has 0 aliphatic carbocycles. The lowest BCUT2D eigenvalue weighted by Gasteiger charge is -2.09. The Balaban J connectivity index is 3.08. The van der Waals surface area contributed by atoms with Crippen molar-refractivity contribution in [1.29, 1.82) is 5.41 Å². The summed E-state index contributed by atoms with van der Waals surface area (Å²) in [6, 6.07) is 4.16. The van der Waals surface area contributed by atoms with Crippen LogP contribution in [-0.2, 0) is 0 Å². The molecule has 2 nitrogen and oxygen atoms in total. The summed E-state index contributed by atoms with van der Waals surface area (Å²) in [5.74, 6) is 0.906. The van der Waals surface area contributed by atoms with Gasteiger partial charge in [-0.25, -0.2) is 0 Å². The summed E-state index contributed by atoms with van der Waals surface area (Å²) in [5, 5.41) is 7.13. The molecule has 0 heterocycles. The molecule has 1 aromatic rings. The standard InChI is InChI=1S/C17H21NO/c1-5-6-15(9-10-18)7-8-16-11-13(2)14(3)17(12-16)19-4/h5-12,18H,1-4H3/b6-5-,8-7+,15-9+,18-10?. The molecule has 0 radical (unpaired) electrons. The molecule has 0 aliphatic heterocycles. The summed E-state index contributed by atoms with van der Waals surface area (Å²) in [6.45, 7) is 6.10. The minimum absolute atomic E-state index is 0.906. The predicted molar refractivity (Wildman–Crippen MR) is 83.2 cm³/mol. The van der Waals surface area contributed by atoms with Gasteiger partial charge in [0.2, 0.25) is 0 Å². The first-order valence-corrected chi connectivity index (χ1v) is 6.29. The van der Waals surface area contributed by atoms with Gasteiger partial charge < -0.3 is 10.1 Å². The molecule has 1 rings (SSSR count). The maximum Gasteiger partial charge on any atom is 0.122 e. The third-order valence-corrected chi connectivity index (χ3v) is 2.97. The smallest absolute Gasteiger partial charge is 0.122 e. The number of nitrogens with one attached hydrogen (secondary N) is 1. The van der Waals surface area contributed by atoms with Gasteiger partial charge in [0.05, 0.1) is 7.11 Å². The van der Waals surface area contributed by atoms with Crippen LogP contribution in [0.15, 0.2) is 42.0 Å². The van der Waals surface area contributed by atoms with Crippen molar-refractivity contribution in [2.24, 2.45) is 0 Å². The van der Waals surface area contributed by atoms with E-state index in [1.165, 1.54) is 17.3 Å². The maximum atomic E-state index is 7.13. The van der Waals surface area contributed by atoms with Gasteiger partial charge in [-0.1, -0.05) is 30.4 Å². The van der Waals surface area contributed by atoms with Gasteiger partial charge in [-0.3, -0.25) is 0 Å². The van der Waals surface area contributed by atoms with Gasteiger partial charge in [0.1, 0.15) is 5.75 Å². The Kier molecular flexibility index (Phi) is 5.80. The maximum absolute atomic E-state index is 7.13. The van der Waals surface area contributed by atoms with Crippen LogP contribution in [0.25, 0.3) is 6.08 Å². The van der Waals surface area contributed by atoms with Gasteiger partial charge >= 0.3 is 0 Å². The van der Waals surface area contributed by atoms with Crippen LogP contribution in [0.1, 0.15) is 23.6 Å². The van der Waals surface area contributed by atoms with Gasteiger partial charge in [0.25, 0.3) is 0 Å². The quantitative estimate of drug-likeness (QED) is 0.611. The van der Waals surface area contributed by atoms with Crippen LogP contribution in [0.5, 0.6) is 5.75 Å². The second-order valence-electron chi connectivity index (χ2n) is 4.33. The summed E-state index contributed by atoms with van der Waals surface area (Å²) >= 11 is 0. The van der Waals surface area contributed by atoms with E-state index in [1.807, 2.05) is 37.3 Å². The number of methoxy groups -OCH3 is 1. The second-order valence-corrected chi connectivity index (χ2v) is 4.33. The molecule has 100 valence electrons. The molecule has 2 heteroatoms. The molecule has 1 N–H and O–H groups in total. The molecule has 0 bridgehead atoms. The molecular weight excluding hydrogens is 234 g/mol. The van der Waals surface area contributed by atoms with Crippen molar-refractivity contribution in [3.63, 3.8) is 0 Å². The van der Waals surface area contributed by atoms with Crippen molar-refractivity contribution >= 4 is 12.3 Å². The average molecular weight is 255 g/mol. The number of benzene rings is 1. The van der Waals surface area contributed by atoms with Crippen molar-refractivity contribution in [2.45, 2.75) is 20.8 Å². The van der Waals surface area contributed by atoms with Crippen LogP contribution in [-0.4, -0.2) is 13.3 Å². The summed E-state index contributed by atoms with van der Waals surface area (Å²) in [4.78, 5) is 0. The minimum Gasteiger partial charge on any atom is -0.496 e. The minimum atomic E-state index is 0.906. The van der Waals surface area contributed by atoms with Crippen LogP contribution in [0.3, 0.4) is 0 Å². The van der Waals surface area contributed by atoms with E-state index in [1.54, 1.807) is 13.2 Å². The number of aryl methyl sites for hydroxylation is 1. The van der Waals surface area contributed by atoms with Crippen LogP contribution in [0.4, 0.5) is 0 Å². The lowest BCUT2D eigenvalue weighted by atomic mass is 10.0. The molecule has 0 atom stereocenters. The lowest BCUT2D eigenvalue weighted by molar-refractivity contribution is 0.411. The van der Waals surface area contributed by atoms with E-state index < -0.39 is 0 Å². The largest absolute Gasteiger partial charge is 0.496 e. The molecule has 0 aliphatic rings. The Hall–Kier alpha value is -2.09. The van der Waals surface area contributed by atoms with Gasteiger partial charge in [0, 0.05) is 6.21 Å². The number of allylic oxidation sites excluding steroid dienone is 5. The fourth-order valence-corrected chi connectivity index (χ4v) is 1.81. The summed E-state index contributed by atoms with van der Waals surface area (Å²) in [5.41, 5.74) is 4.47. The molecular formula is C17H21NO. The first-order chi connectivity index (χ1) is 9.12. The molecule has 0 saturated carbocycles. The van der Waals surface area contributed by atoms with E-state index in [-0.39, 0.29) is 0 Å². The molecule has 19 heavy (non-hydrogen) atoms. The van der Waals surface area contributed by atoms with Crippen molar-refractivity contribution in [2.75, 3.05) is 7.11 Å². The third-order valence-electron chi connectivity index (χ3n) is 2.97. The molecule has 0 aromatic heterocycles. The molecule has 0 amide bonds. The molecule has 1 aromatic carbocycles. The normalized spacial score (nSPS) is 12.3. The lowest BCUT2D eigenvalue weighted by Crippen LogP contribution is -1.91. The topological polar surface area (TPSA) is 33.1 Å². The third kappa shape index (κ3) is 4.25. The second kappa shape index (κ2) is 7.37. The zero-order valence-electron chi connectivity index (χ0n) is 12.0. The summed E-state index contributed by atoms with van der Waals surface area (Å²) in [7, 11) is 1.69. The van der Waals surface area contributed by atoms with E-state index in [0.717, 1.165) is 16.9 Å². The summed E-state index contributed by atoms with van der Waals surface area (Å²) in [6.07, 6.45) is 11.0. The van der Waals surface area contributed by atoms with Crippen molar-refractivity contribution in [3.05, 3.63) is 58.7 Å². The highest BCUT2D eigenvalue weighted by atomic mass is 16.5.